The topological polar surface area (TPSA) is 81.7 Å². The molecule has 0 unspecified atom stereocenters. The quantitative estimate of drug-likeness (QED) is 0.683. The van der Waals surface area contributed by atoms with Crippen LogP contribution in [0.3, 0.4) is 0 Å². The molecule has 0 aromatic carbocycles. The average Bonchev–Trinajstić information content (AvgIpc) is 2.23. The van der Waals surface area contributed by atoms with Crippen molar-refractivity contribution in [1.29, 1.82) is 0 Å². The van der Waals surface area contributed by atoms with Crippen molar-refractivity contribution >= 4 is 12.0 Å². The van der Waals surface area contributed by atoms with Gasteiger partial charge in [-0.3, -0.25) is 4.79 Å². The van der Waals surface area contributed by atoms with Gasteiger partial charge < -0.3 is 20.6 Å². The van der Waals surface area contributed by atoms with Crippen LogP contribution in [0.25, 0.3) is 0 Å². The van der Waals surface area contributed by atoms with Crippen LogP contribution in [-0.4, -0.2) is 53.7 Å². The fourth-order valence-electron chi connectivity index (χ4n) is 3.14. The van der Waals surface area contributed by atoms with E-state index in [1.807, 2.05) is 14.1 Å². The van der Waals surface area contributed by atoms with Crippen LogP contribution >= 0.6 is 0 Å². The lowest BCUT2D eigenvalue weighted by molar-refractivity contribution is -0.139. The standard InChI is InChI=1S/C14H25N3O3/c1-17(2)14(7-4-8-14)10-15-12(20)16-13(5-3-6-13)9-11(18)19/h3-10H2,1-2H3,(H,18,19)(H2,15,16,20). The average molecular weight is 283 g/mol. The predicted octanol–water partition coefficient (Wildman–Crippen LogP) is 1.17. The van der Waals surface area contributed by atoms with Gasteiger partial charge in [0, 0.05) is 12.1 Å². The predicted molar refractivity (Wildman–Crippen MR) is 75.6 cm³/mol. The fraction of sp³-hybridized carbons (Fsp3) is 0.857. The minimum absolute atomic E-state index is 0.0131. The molecule has 2 rings (SSSR count). The molecule has 0 atom stereocenters. The molecule has 0 heterocycles. The SMILES string of the molecule is CN(C)C1(CNC(=O)NC2(CC(=O)O)CCC2)CCC1. The summed E-state index contributed by atoms with van der Waals surface area (Å²) >= 11 is 0. The van der Waals surface area contributed by atoms with Gasteiger partial charge in [0.05, 0.1) is 12.0 Å². The molecule has 2 saturated carbocycles. The zero-order valence-corrected chi connectivity index (χ0v) is 12.4. The molecule has 2 aliphatic carbocycles. The van der Waals surface area contributed by atoms with Crippen LogP contribution in [0.2, 0.25) is 0 Å². The van der Waals surface area contributed by atoms with Crippen molar-refractivity contribution in [2.75, 3.05) is 20.6 Å². The van der Waals surface area contributed by atoms with Gasteiger partial charge in [0.25, 0.3) is 0 Å². The molecule has 0 radical (unpaired) electrons. The van der Waals surface area contributed by atoms with E-state index in [1.54, 1.807) is 0 Å². The van der Waals surface area contributed by atoms with E-state index in [0.29, 0.717) is 6.54 Å². The Hall–Kier alpha value is -1.30. The molecule has 2 amide bonds. The molecule has 0 bridgehead atoms. The summed E-state index contributed by atoms with van der Waals surface area (Å²) in [6.07, 6.45) is 5.90. The van der Waals surface area contributed by atoms with Crippen molar-refractivity contribution in [1.82, 2.24) is 15.5 Å². The molecule has 0 saturated heterocycles. The Morgan fingerprint density at radius 1 is 1.15 bits per heavy atom. The highest BCUT2D eigenvalue weighted by Crippen LogP contribution is 2.36. The van der Waals surface area contributed by atoms with Crippen LogP contribution < -0.4 is 10.6 Å². The van der Waals surface area contributed by atoms with Gasteiger partial charge >= 0.3 is 12.0 Å². The monoisotopic (exact) mass is 283 g/mol. The van der Waals surface area contributed by atoms with E-state index in [2.05, 4.69) is 15.5 Å². The summed E-state index contributed by atoms with van der Waals surface area (Å²) in [4.78, 5) is 25.1. The zero-order valence-electron chi connectivity index (χ0n) is 12.4. The van der Waals surface area contributed by atoms with Crippen LogP contribution in [0.5, 0.6) is 0 Å². The highest BCUT2D eigenvalue weighted by atomic mass is 16.4. The molecule has 20 heavy (non-hydrogen) atoms. The van der Waals surface area contributed by atoms with E-state index in [-0.39, 0.29) is 18.0 Å². The molecular weight excluding hydrogens is 258 g/mol. The van der Waals surface area contributed by atoms with Gasteiger partial charge in [-0.05, 0) is 52.6 Å². The summed E-state index contributed by atoms with van der Waals surface area (Å²) < 4.78 is 0. The number of likely N-dealkylation sites (N-methyl/N-ethyl adjacent to an activating group) is 1. The third-order valence-electron chi connectivity index (χ3n) is 4.99. The number of amides is 2. The van der Waals surface area contributed by atoms with Crippen molar-refractivity contribution in [3.8, 4) is 0 Å². The van der Waals surface area contributed by atoms with E-state index in [1.165, 1.54) is 6.42 Å². The number of carbonyl (C=O) groups excluding carboxylic acids is 1. The summed E-state index contributed by atoms with van der Waals surface area (Å²) in [5.74, 6) is -0.853. The van der Waals surface area contributed by atoms with E-state index in [9.17, 15) is 9.59 Å². The minimum Gasteiger partial charge on any atom is -0.481 e. The molecule has 114 valence electrons. The summed E-state index contributed by atoms with van der Waals surface area (Å²) in [7, 11) is 4.08. The lowest BCUT2D eigenvalue weighted by Gasteiger charge is -2.48. The maximum absolute atomic E-state index is 12.0. The van der Waals surface area contributed by atoms with Gasteiger partial charge in [0.1, 0.15) is 0 Å². The van der Waals surface area contributed by atoms with E-state index in [4.69, 9.17) is 5.11 Å². The maximum Gasteiger partial charge on any atom is 0.315 e. The number of carboxylic acid groups (broad SMARTS) is 1. The number of aliphatic carboxylic acids is 1. The Bertz CT molecular complexity index is 387. The lowest BCUT2D eigenvalue weighted by atomic mass is 9.74. The third-order valence-corrected chi connectivity index (χ3v) is 4.99. The number of carboxylic acids is 1. The molecular formula is C14H25N3O3. The van der Waals surface area contributed by atoms with Crippen LogP contribution in [0.1, 0.15) is 44.9 Å². The molecule has 6 nitrogen and oxygen atoms in total. The Balaban J connectivity index is 1.81. The van der Waals surface area contributed by atoms with E-state index < -0.39 is 11.5 Å². The summed E-state index contributed by atoms with van der Waals surface area (Å²) in [6.45, 7) is 0.620. The van der Waals surface area contributed by atoms with Crippen molar-refractivity contribution in [3.63, 3.8) is 0 Å². The first-order chi connectivity index (χ1) is 9.38. The molecule has 3 N–H and O–H groups in total. The van der Waals surface area contributed by atoms with Crippen LogP contribution in [-0.2, 0) is 4.79 Å². The molecule has 2 aliphatic rings. The normalized spacial score (nSPS) is 22.6. The van der Waals surface area contributed by atoms with Gasteiger partial charge in [-0.15, -0.1) is 0 Å². The number of rotatable bonds is 6. The van der Waals surface area contributed by atoms with E-state index >= 15 is 0 Å². The zero-order chi connectivity index (χ0) is 14.8. The minimum atomic E-state index is -0.853. The van der Waals surface area contributed by atoms with Crippen molar-refractivity contribution in [2.45, 2.75) is 56.0 Å². The molecule has 0 aliphatic heterocycles. The second-order valence-corrected chi connectivity index (χ2v) is 6.48. The second-order valence-electron chi connectivity index (χ2n) is 6.48. The summed E-state index contributed by atoms with van der Waals surface area (Å²) in [6, 6.07) is -0.237. The number of nitrogens with one attached hydrogen (secondary N) is 2. The maximum atomic E-state index is 12.0. The Labute approximate surface area is 119 Å². The molecule has 0 aromatic heterocycles. The number of hydrogen-bond donors (Lipinski definition) is 3. The summed E-state index contributed by atoms with van der Waals surface area (Å²) in [5, 5.41) is 14.7. The Kier molecular flexibility index (Phi) is 4.22. The number of hydrogen-bond acceptors (Lipinski definition) is 3. The Morgan fingerprint density at radius 2 is 1.75 bits per heavy atom. The third kappa shape index (κ3) is 3.06. The first-order valence-corrected chi connectivity index (χ1v) is 7.33. The largest absolute Gasteiger partial charge is 0.481 e. The molecule has 6 heteroatoms. The highest BCUT2D eigenvalue weighted by Gasteiger charge is 2.42. The van der Waals surface area contributed by atoms with Crippen LogP contribution in [0.4, 0.5) is 4.79 Å². The highest BCUT2D eigenvalue weighted by molar-refractivity contribution is 5.77. The number of carbonyl (C=O) groups is 2. The molecule has 2 fully saturated rings. The van der Waals surface area contributed by atoms with Crippen LogP contribution in [0.15, 0.2) is 0 Å². The number of nitrogens with zero attached hydrogens (tertiary/aromatic N) is 1. The first kappa shape index (κ1) is 15.1. The number of urea groups is 1. The first-order valence-electron chi connectivity index (χ1n) is 7.33. The Morgan fingerprint density at radius 3 is 2.10 bits per heavy atom. The second kappa shape index (κ2) is 5.60. The van der Waals surface area contributed by atoms with Crippen molar-refractivity contribution in [2.24, 2.45) is 0 Å². The smallest absolute Gasteiger partial charge is 0.315 e. The lowest BCUT2D eigenvalue weighted by Crippen LogP contribution is -2.61. The van der Waals surface area contributed by atoms with Crippen molar-refractivity contribution in [3.05, 3.63) is 0 Å². The van der Waals surface area contributed by atoms with Crippen LogP contribution in [0, 0.1) is 0 Å². The van der Waals surface area contributed by atoms with Gasteiger partial charge in [-0.1, -0.05) is 0 Å². The van der Waals surface area contributed by atoms with Gasteiger partial charge in [-0.25, -0.2) is 4.79 Å². The van der Waals surface area contributed by atoms with E-state index in [0.717, 1.165) is 32.1 Å². The molecule has 0 spiro atoms. The van der Waals surface area contributed by atoms with Crippen molar-refractivity contribution < 1.29 is 14.7 Å². The van der Waals surface area contributed by atoms with Gasteiger partial charge in [0.2, 0.25) is 0 Å². The molecule has 0 aromatic rings. The summed E-state index contributed by atoms with van der Waals surface area (Å²) in [5.41, 5.74) is -0.447. The van der Waals surface area contributed by atoms with Gasteiger partial charge in [0.15, 0.2) is 0 Å². The fourth-order valence-corrected chi connectivity index (χ4v) is 3.14. The van der Waals surface area contributed by atoms with Gasteiger partial charge in [-0.2, -0.15) is 0 Å².